The molecule has 0 radical (unpaired) electrons. The number of rotatable bonds is 8. The Balaban J connectivity index is 1.37. The van der Waals surface area contributed by atoms with Crippen LogP contribution in [-0.4, -0.2) is 54.8 Å². The van der Waals surface area contributed by atoms with E-state index in [0.29, 0.717) is 16.7 Å². The van der Waals surface area contributed by atoms with E-state index in [1.165, 1.54) is 24.2 Å². The van der Waals surface area contributed by atoms with E-state index in [-0.39, 0.29) is 6.04 Å². The summed E-state index contributed by atoms with van der Waals surface area (Å²) in [5, 5.41) is 1.85. The third-order valence-corrected chi connectivity index (χ3v) is 8.86. The van der Waals surface area contributed by atoms with Crippen molar-refractivity contribution in [2.24, 2.45) is 5.92 Å². The average Bonchev–Trinajstić information content (AvgIpc) is 3.34. The Kier molecular flexibility index (Phi) is 5.92. The summed E-state index contributed by atoms with van der Waals surface area (Å²) in [5.74, 6) is 0.557. The van der Waals surface area contributed by atoms with Gasteiger partial charge in [0.15, 0.2) is 0 Å². The van der Waals surface area contributed by atoms with E-state index in [2.05, 4.69) is 16.0 Å². The number of thiophene rings is 1. The molecule has 0 spiro atoms. The first-order valence-electron chi connectivity index (χ1n) is 9.80. The standard InChI is InChI=1S/C20H27N3O2S2/c24-27(25,20-5-3-15-26-20)23(16-17-6-7-17)19-9-13-22(14-10-19)12-8-18-4-1-2-11-21-18/h1-5,11,15,17,19H,6-10,12-14,16H2. The predicted octanol–water partition coefficient (Wildman–Crippen LogP) is 3.25. The van der Waals surface area contributed by atoms with E-state index >= 15 is 0 Å². The van der Waals surface area contributed by atoms with Gasteiger partial charge in [-0.25, -0.2) is 8.42 Å². The number of likely N-dealkylation sites (tertiary alicyclic amines) is 1. The summed E-state index contributed by atoms with van der Waals surface area (Å²) < 4.78 is 28.6. The highest BCUT2D eigenvalue weighted by Gasteiger charge is 2.38. The van der Waals surface area contributed by atoms with Crippen LogP contribution in [0.3, 0.4) is 0 Å². The molecule has 1 aliphatic carbocycles. The van der Waals surface area contributed by atoms with Crippen molar-refractivity contribution in [2.45, 2.75) is 42.4 Å². The summed E-state index contributed by atoms with van der Waals surface area (Å²) in [6.07, 6.45) is 6.95. The molecule has 1 saturated carbocycles. The molecular weight excluding hydrogens is 378 g/mol. The minimum atomic E-state index is -3.36. The molecule has 5 nitrogen and oxygen atoms in total. The molecule has 2 aromatic heterocycles. The van der Waals surface area contributed by atoms with Gasteiger partial charge in [-0.05, 0) is 68.3 Å². The van der Waals surface area contributed by atoms with E-state index in [9.17, 15) is 8.42 Å². The van der Waals surface area contributed by atoms with Gasteiger partial charge in [-0.1, -0.05) is 12.1 Å². The van der Waals surface area contributed by atoms with Crippen LogP contribution in [0.4, 0.5) is 0 Å². The molecule has 0 amide bonds. The van der Waals surface area contributed by atoms with Gasteiger partial charge in [0.05, 0.1) is 0 Å². The highest BCUT2D eigenvalue weighted by atomic mass is 32.2. The summed E-state index contributed by atoms with van der Waals surface area (Å²) >= 11 is 1.33. The molecule has 2 aromatic rings. The lowest BCUT2D eigenvalue weighted by Crippen LogP contribution is -2.48. The molecule has 27 heavy (non-hydrogen) atoms. The maximum atomic E-state index is 13.2. The van der Waals surface area contributed by atoms with Gasteiger partial charge >= 0.3 is 0 Å². The van der Waals surface area contributed by atoms with E-state index in [4.69, 9.17) is 0 Å². The highest BCUT2D eigenvalue weighted by molar-refractivity contribution is 7.91. The molecule has 7 heteroatoms. The zero-order valence-electron chi connectivity index (χ0n) is 15.5. The van der Waals surface area contributed by atoms with Crippen molar-refractivity contribution in [3.8, 4) is 0 Å². The highest BCUT2D eigenvalue weighted by Crippen LogP contribution is 2.35. The summed E-state index contributed by atoms with van der Waals surface area (Å²) in [4.78, 5) is 6.84. The first kappa shape index (κ1) is 19.1. The Labute approximate surface area is 166 Å². The second-order valence-electron chi connectivity index (χ2n) is 7.59. The molecule has 2 aliphatic rings. The average molecular weight is 406 g/mol. The van der Waals surface area contributed by atoms with Crippen LogP contribution in [0.15, 0.2) is 46.1 Å². The van der Waals surface area contributed by atoms with Gasteiger partial charge in [-0.3, -0.25) is 4.98 Å². The zero-order chi connectivity index (χ0) is 18.7. The second-order valence-corrected chi connectivity index (χ2v) is 10.7. The third-order valence-electron chi connectivity index (χ3n) is 5.57. The van der Waals surface area contributed by atoms with E-state index in [1.54, 1.807) is 6.07 Å². The Morgan fingerprint density at radius 2 is 1.93 bits per heavy atom. The number of nitrogens with zero attached hydrogens (tertiary/aromatic N) is 3. The summed E-state index contributed by atoms with van der Waals surface area (Å²) in [6.45, 7) is 3.60. The smallest absolute Gasteiger partial charge is 0.252 e. The number of hydrogen-bond donors (Lipinski definition) is 0. The van der Waals surface area contributed by atoms with Crippen molar-refractivity contribution < 1.29 is 8.42 Å². The Hall–Kier alpha value is -1.28. The Morgan fingerprint density at radius 1 is 1.11 bits per heavy atom. The predicted molar refractivity (Wildman–Crippen MR) is 108 cm³/mol. The van der Waals surface area contributed by atoms with Crippen molar-refractivity contribution in [1.82, 2.24) is 14.2 Å². The van der Waals surface area contributed by atoms with Crippen LogP contribution in [-0.2, 0) is 16.4 Å². The Morgan fingerprint density at radius 3 is 2.56 bits per heavy atom. The largest absolute Gasteiger partial charge is 0.303 e. The Bertz CT molecular complexity index is 812. The van der Waals surface area contributed by atoms with Crippen LogP contribution in [0.5, 0.6) is 0 Å². The molecule has 1 aliphatic heterocycles. The lowest BCUT2D eigenvalue weighted by molar-refractivity contribution is 0.157. The summed E-state index contributed by atoms with van der Waals surface area (Å²) in [7, 11) is -3.36. The monoisotopic (exact) mass is 405 g/mol. The zero-order valence-corrected chi connectivity index (χ0v) is 17.2. The number of sulfonamides is 1. The first-order valence-corrected chi connectivity index (χ1v) is 12.1. The molecule has 2 fully saturated rings. The fourth-order valence-electron chi connectivity index (χ4n) is 3.77. The maximum absolute atomic E-state index is 13.2. The molecule has 0 atom stereocenters. The van der Waals surface area contributed by atoms with E-state index < -0.39 is 10.0 Å². The van der Waals surface area contributed by atoms with Crippen LogP contribution >= 0.6 is 11.3 Å². The third kappa shape index (κ3) is 4.77. The number of hydrogen-bond acceptors (Lipinski definition) is 5. The van der Waals surface area contributed by atoms with Crippen LogP contribution in [0.2, 0.25) is 0 Å². The van der Waals surface area contributed by atoms with Crippen LogP contribution in [0.25, 0.3) is 0 Å². The molecule has 0 bridgehead atoms. The van der Waals surface area contributed by atoms with Crippen molar-refractivity contribution in [3.63, 3.8) is 0 Å². The quantitative estimate of drug-likeness (QED) is 0.676. The van der Waals surface area contributed by atoms with Crippen molar-refractivity contribution in [2.75, 3.05) is 26.2 Å². The van der Waals surface area contributed by atoms with Crippen LogP contribution in [0, 0.1) is 5.92 Å². The molecule has 0 N–H and O–H groups in total. The van der Waals surface area contributed by atoms with Crippen molar-refractivity contribution >= 4 is 21.4 Å². The van der Waals surface area contributed by atoms with E-state index in [0.717, 1.165) is 44.6 Å². The van der Waals surface area contributed by atoms with Gasteiger partial charge in [0.2, 0.25) is 0 Å². The van der Waals surface area contributed by atoms with Gasteiger partial charge in [-0.15, -0.1) is 11.3 Å². The molecular formula is C20H27N3O2S2. The number of aromatic nitrogens is 1. The second kappa shape index (κ2) is 8.39. The topological polar surface area (TPSA) is 53.5 Å². The minimum absolute atomic E-state index is 0.129. The lowest BCUT2D eigenvalue weighted by atomic mass is 10.0. The molecule has 3 heterocycles. The molecule has 1 saturated heterocycles. The van der Waals surface area contributed by atoms with Gasteiger partial charge in [0, 0.05) is 37.4 Å². The van der Waals surface area contributed by atoms with Gasteiger partial charge < -0.3 is 4.90 Å². The van der Waals surface area contributed by atoms with Gasteiger partial charge in [0.1, 0.15) is 4.21 Å². The normalized spacial score (nSPS) is 19.6. The van der Waals surface area contributed by atoms with Gasteiger partial charge in [-0.2, -0.15) is 4.31 Å². The van der Waals surface area contributed by atoms with E-state index in [1.807, 2.05) is 34.1 Å². The fourth-order valence-corrected chi connectivity index (χ4v) is 6.65. The maximum Gasteiger partial charge on any atom is 0.252 e. The SMILES string of the molecule is O=S(=O)(c1cccs1)N(CC1CC1)C1CCN(CCc2ccccn2)CC1. The molecule has 146 valence electrons. The molecule has 0 unspecified atom stereocenters. The van der Waals surface area contributed by atoms with Crippen LogP contribution in [0.1, 0.15) is 31.4 Å². The fraction of sp³-hybridized carbons (Fsp3) is 0.550. The summed E-state index contributed by atoms with van der Waals surface area (Å²) in [5.41, 5.74) is 1.12. The number of pyridine rings is 1. The lowest BCUT2D eigenvalue weighted by Gasteiger charge is -2.37. The van der Waals surface area contributed by atoms with Gasteiger partial charge in [0.25, 0.3) is 10.0 Å². The minimum Gasteiger partial charge on any atom is -0.303 e. The first-order chi connectivity index (χ1) is 13.1. The van der Waals surface area contributed by atoms with Crippen molar-refractivity contribution in [1.29, 1.82) is 0 Å². The van der Waals surface area contributed by atoms with Crippen molar-refractivity contribution in [3.05, 3.63) is 47.6 Å². The molecule has 0 aromatic carbocycles. The summed E-state index contributed by atoms with van der Waals surface area (Å²) in [6, 6.07) is 9.73. The number of piperidine rings is 1. The van der Waals surface area contributed by atoms with Crippen LogP contribution < -0.4 is 0 Å². The molecule has 4 rings (SSSR count).